The second-order valence-corrected chi connectivity index (χ2v) is 4.00. The molecule has 1 aliphatic heterocycles. The molecule has 13 heavy (non-hydrogen) atoms. The van der Waals surface area contributed by atoms with E-state index in [1.54, 1.807) is 4.90 Å². The quantitative estimate of drug-likeness (QED) is 0.713. The minimum absolute atomic E-state index is 0.200. The Morgan fingerprint density at radius 1 is 1.69 bits per heavy atom. The number of rotatable bonds is 3. The van der Waals surface area contributed by atoms with Crippen molar-refractivity contribution in [3.63, 3.8) is 0 Å². The molecule has 0 unspecified atom stereocenters. The van der Waals surface area contributed by atoms with Crippen LogP contribution in [0.5, 0.6) is 0 Å². The molecule has 1 rings (SSSR count). The van der Waals surface area contributed by atoms with E-state index in [2.05, 4.69) is 13.8 Å². The van der Waals surface area contributed by atoms with E-state index in [1.165, 1.54) is 0 Å². The summed E-state index contributed by atoms with van der Waals surface area (Å²) in [7, 11) is 0. The Morgan fingerprint density at radius 2 is 2.38 bits per heavy atom. The molecule has 1 N–H and O–H groups in total. The summed E-state index contributed by atoms with van der Waals surface area (Å²) < 4.78 is 0. The van der Waals surface area contributed by atoms with E-state index in [-0.39, 0.29) is 12.0 Å². The fourth-order valence-electron chi connectivity index (χ4n) is 1.54. The number of likely N-dealkylation sites (tertiary alicyclic amines) is 1. The molecule has 0 spiro atoms. The number of carbonyl (C=O) groups is 1. The number of aliphatic hydroxyl groups excluding tert-OH is 1. The van der Waals surface area contributed by atoms with Crippen LogP contribution in [0.15, 0.2) is 0 Å². The minimum Gasteiger partial charge on any atom is -0.391 e. The lowest BCUT2D eigenvalue weighted by atomic mass is 10.0. The van der Waals surface area contributed by atoms with E-state index in [1.807, 2.05) is 0 Å². The highest BCUT2D eigenvalue weighted by Gasteiger charge is 2.24. The van der Waals surface area contributed by atoms with Gasteiger partial charge in [-0.2, -0.15) is 0 Å². The normalized spacial score (nSPS) is 24.8. The van der Waals surface area contributed by atoms with Gasteiger partial charge in [-0.05, 0) is 12.3 Å². The first kappa shape index (κ1) is 10.5. The fourth-order valence-corrected chi connectivity index (χ4v) is 1.54. The summed E-state index contributed by atoms with van der Waals surface area (Å²) in [6.07, 6.45) is 2.12. The van der Waals surface area contributed by atoms with Crippen molar-refractivity contribution in [3.05, 3.63) is 0 Å². The lowest BCUT2D eigenvalue weighted by molar-refractivity contribution is -0.131. The van der Waals surface area contributed by atoms with Crippen molar-refractivity contribution in [1.82, 2.24) is 4.90 Å². The molecule has 0 bridgehead atoms. The van der Waals surface area contributed by atoms with Gasteiger partial charge >= 0.3 is 0 Å². The molecule has 1 saturated heterocycles. The summed E-state index contributed by atoms with van der Waals surface area (Å²) in [5, 5.41) is 9.25. The summed E-state index contributed by atoms with van der Waals surface area (Å²) in [4.78, 5) is 13.3. The molecule has 1 heterocycles. The first-order valence-corrected chi connectivity index (χ1v) is 5.09. The Bertz CT molecular complexity index is 182. The van der Waals surface area contributed by atoms with Crippen LogP contribution in [0.1, 0.15) is 33.1 Å². The van der Waals surface area contributed by atoms with Crippen LogP contribution in [-0.4, -0.2) is 35.1 Å². The van der Waals surface area contributed by atoms with Gasteiger partial charge in [-0.15, -0.1) is 0 Å². The van der Waals surface area contributed by atoms with Crippen molar-refractivity contribution >= 4 is 5.91 Å². The Labute approximate surface area is 79.7 Å². The zero-order valence-corrected chi connectivity index (χ0v) is 8.49. The van der Waals surface area contributed by atoms with Crippen LogP contribution >= 0.6 is 0 Å². The molecule has 3 heteroatoms. The van der Waals surface area contributed by atoms with Crippen molar-refractivity contribution in [2.24, 2.45) is 5.92 Å². The first-order chi connectivity index (χ1) is 6.13. The molecule has 1 fully saturated rings. The number of hydrogen-bond acceptors (Lipinski definition) is 2. The third kappa shape index (κ3) is 2.99. The van der Waals surface area contributed by atoms with E-state index < -0.39 is 0 Å². The summed E-state index contributed by atoms with van der Waals surface area (Å²) in [5.41, 5.74) is 0. The van der Waals surface area contributed by atoms with E-state index in [4.69, 9.17) is 0 Å². The molecule has 76 valence electrons. The van der Waals surface area contributed by atoms with Gasteiger partial charge < -0.3 is 10.0 Å². The highest BCUT2D eigenvalue weighted by Crippen LogP contribution is 2.14. The molecule has 0 aliphatic carbocycles. The average Bonchev–Trinajstić information content (AvgIpc) is 2.51. The first-order valence-electron chi connectivity index (χ1n) is 5.09. The summed E-state index contributed by atoms with van der Waals surface area (Å²) >= 11 is 0. The van der Waals surface area contributed by atoms with Gasteiger partial charge in [0, 0.05) is 19.5 Å². The van der Waals surface area contributed by atoms with E-state index in [9.17, 15) is 9.90 Å². The van der Waals surface area contributed by atoms with Crippen LogP contribution in [0.4, 0.5) is 0 Å². The van der Waals surface area contributed by atoms with Gasteiger partial charge in [0.05, 0.1) is 6.10 Å². The van der Waals surface area contributed by atoms with Crippen molar-refractivity contribution in [1.29, 1.82) is 0 Å². The number of amides is 1. The zero-order valence-electron chi connectivity index (χ0n) is 8.49. The Balaban J connectivity index is 2.31. The zero-order chi connectivity index (χ0) is 9.84. The average molecular weight is 185 g/mol. The van der Waals surface area contributed by atoms with Crippen LogP contribution in [0.2, 0.25) is 0 Å². The van der Waals surface area contributed by atoms with Crippen molar-refractivity contribution < 1.29 is 9.90 Å². The van der Waals surface area contributed by atoms with Gasteiger partial charge in [-0.1, -0.05) is 20.3 Å². The SMILES string of the molecule is CC[C@H](C)CC(=O)N1CC[C@H](O)C1. The van der Waals surface area contributed by atoms with Crippen molar-refractivity contribution in [2.45, 2.75) is 39.2 Å². The minimum atomic E-state index is -0.291. The highest BCUT2D eigenvalue weighted by molar-refractivity contribution is 5.76. The number of carbonyl (C=O) groups excluding carboxylic acids is 1. The highest BCUT2D eigenvalue weighted by atomic mass is 16.3. The Morgan fingerprint density at radius 3 is 2.85 bits per heavy atom. The van der Waals surface area contributed by atoms with Crippen LogP contribution in [0.25, 0.3) is 0 Å². The maximum Gasteiger partial charge on any atom is 0.222 e. The van der Waals surface area contributed by atoms with Gasteiger partial charge in [0.1, 0.15) is 0 Å². The van der Waals surface area contributed by atoms with Crippen LogP contribution < -0.4 is 0 Å². The van der Waals surface area contributed by atoms with Gasteiger partial charge in [0.15, 0.2) is 0 Å². The summed E-state index contributed by atoms with van der Waals surface area (Å²) in [6, 6.07) is 0. The molecule has 0 aromatic carbocycles. The smallest absolute Gasteiger partial charge is 0.222 e. The third-order valence-corrected chi connectivity index (χ3v) is 2.74. The molecule has 2 atom stereocenters. The van der Waals surface area contributed by atoms with Crippen molar-refractivity contribution in [2.75, 3.05) is 13.1 Å². The standard InChI is InChI=1S/C10H19NO2/c1-3-8(2)6-10(13)11-5-4-9(12)7-11/h8-9,12H,3-7H2,1-2H3/t8-,9-/m0/s1. The van der Waals surface area contributed by atoms with Gasteiger partial charge in [-0.25, -0.2) is 0 Å². The maximum atomic E-state index is 11.6. The fraction of sp³-hybridized carbons (Fsp3) is 0.900. The molecule has 0 aromatic rings. The second kappa shape index (κ2) is 4.61. The second-order valence-electron chi connectivity index (χ2n) is 4.00. The Kier molecular flexibility index (Phi) is 3.72. The molecule has 1 aliphatic rings. The van der Waals surface area contributed by atoms with E-state index >= 15 is 0 Å². The van der Waals surface area contributed by atoms with Crippen molar-refractivity contribution in [3.8, 4) is 0 Å². The predicted molar refractivity (Wildman–Crippen MR) is 51.3 cm³/mol. The Hall–Kier alpha value is -0.570. The molecule has 0 saturated carbocycles. The monoisotopic (exact) mass is 185 g/mol. The lowest BCUT2D eigenvalue weighted by Crippen LogP contribution is -2.30. The lowest BCUT2D eigenvalue weighted by Gasteiger charge is -2.17. The number of β-amino-alcohol motifs (C(OH)–C–C–N with tert-alkyl or cyclic N) is 1. The molecule has 1 amide bonds. The molecule has 3 nitrogen and oxygen atoms in total. The van der Waals surface area contributed by atoms with E-state index in [0.29, 0.717) is 18.9 Å². The van der Waals surface area contributed by atoms with Crippen LogP contribution in [-0.2, 0) is 4.79 Å². The summed E-state index contributed by atoms with van der Waals surface area (Å²) in [5.74, 6) is 0.663. The third-order valence-electron chi connectivity index (χ3n) is 2.74. The largest absolute Gasteiger partial charge is 0.391 e. The number of nitrogens with zero attached hydrogens (tertiary/aromatic N) is 1. The number of hydrogen-bond donors (Lipinski definition) is 1. The van der Waals surface area contributed by atoms with Gasteiger partial charge in [0.25, 0.3) is 0 Å². The predicted octanol–water partition coefficient (Wildman–Crippen LogP) is 1.02. The van der Waals surface area contributed by atoms with Crippen LogP contribution in [0, 0.1) is 5.92 Å². The topological polar surface area (TPSA) is 40.5 Å². The van der Waals surface area contributed by atoms with Gasteiger partial charge in [-0.3, -0.25) is 4.79 Å². The maximum absolute atomic E-state index is 11.6. The molecule has 0 radical (unpaired) electrons. The molecular formula is C10H19NO2. The number of aliphatic hydroxyl groups is 1. The summed E-state index contributed by atoms with van der Waals surface area (Å²) in [6.45, 7) is 5.45. The van der Waals surface area contributed by atoms with Crippen LogP contribution in [0.3, 0.4) is 0 Å². The van der Waals surface area contributed by atoms with E-state index in [0.717, 1.165) is 19.4 Å². The van der Waals surface area contributed by atoms with Gasteiger partial charge in [0.2, 0.25) is 5.91 Å². The molecule has 0 aromatic heterocycles. The molecular weight excluding hydrogens is 166 g/mol.